The first-order valence-electron chi connectivity index (χ1n) is 6.54. The molecule has 2 aliphatic rings. The third kappa shape index (κ3) is 2.16. The average Bonchev–Trinajstić information content (AvgIpc) is 2.76. The van der Waals surface area contributed by atoms with Gasteiger partial charge in [-0.3, -0.25) is 0 Å². The fourth-order valence-electron chi connectivity index (χ4n) is 3.82. The van der Waals surface area contributed by atoms with Crippen molar-refractivity contribution < 1.29 is 14.9 Å². The summed E-state index contributed by atoms with van der Waals surface area (Å²) in [4.78, 5) is 0. The van der Waals surface area contributed by atoms with Crippen molar-refractivity contribution in [2.45, 2.75) is 62.8 Å². The van der Waals surface area contributed by atoms with Gasteiger partial charge in [-0.15, -0.1) is 0 Å². The molecule has 0 spiro atoms. The van der Waals surface area contributed by atoms with E-state index in [1.807, 2.05) is 6.92 Å². The zero-order valence-electron chi connectivity index (χ0n) is 10.9. The molecular formula is C14H24O3. The van der Waals surface area contributed by atoms with Gasteiger partial charge in [0.05, 0.1) is 5.60 Å². The maximum Gasteiger partial charge on any atom is 0.104 e. The van der Waals surface area contributed by atoms with Crippen LogP contribution < -0.4 is 0 Å². The minimum Gasteiger partial charge on any atom is -0.390 e. The number of aliphatic hydroxyl groups is 2. The largest absolute Gasteiger partial charge is 0.390 e. The maximum atomic E-state index is 10.4. The highest BCUT2D eigenvalue weighted by Gasteiger charge is 2.54. The molecule has 0 unspecified atom stereocenters. The Kier molecular flexibility index (Phi) is 3.36. The van der Waals surface area contributed by atoms with Gasteiger partial charge in [0.2, 0.25) is 0 Å². The molecule has 2 N–H and O–H groups in total. The number of rotatable bonds is 2. The molecule has 2 saturated carbocycles. The Morgan fingerprint density at radius 2 is 1.94 bits per heavy atom. The van der Waals surface area contributed by atoms with Crippen LogP contribution in [0.4, 0.5) is 0 Å². The number of aliphatic hydroxyl groups excluding tert-OH is 1. The highest BCUT2D eigenvalue weighted by atomic mass is 16.5. The van der Waals surface area contributed by atoms with E-state index in [0.29, 0.717) is 24.3 Å². The summed E-state index contributed by atoms with van der Waals surface area (Å²) in [7, 11) is 1.65. The van der Waals surface area contributed by atoms with Crippen molar-refractivity contribution in [3.05, 3.63) is 12.2 Å². The second kappa shape index (κ2) is 4.38. The van der Waals surface area contributed by atoms with Crippen LogP contribution in [0.3, 0.4) is 0 Å². The predicted molar refractivity (Wildman–Crippen MR) is 66.7 cm³/mol. The highest BCUT2D eigenvalue weighted by molar-refractivity contribution is 5.21. The van der Waals surface area contributed by atoms with Gasteiger partial charge < -0.3 is 14.9 Å². The van der Waals surface area contributed by atoms with Crippen molar-refractivity contribution in [2.75, 3.05) is 7.11 Å². The average molecular weight is 240 g/mol. The summed E-state index contributed by atoms with van der Waals surface area (Å²) in [5, 5.41) is 20.8. The van der Waals surface area contributed by atoms with Gasteiger partial charge in [-0.2, -0.15) is 0 Å². The van der Waals surface area contributed by atoms with Crippen molar-refractivity contribution in [1.82, 2.24) is 0 Å². The Bertz CT molecular complexity index is 305. The molecule has 0 aromatic heterocycles. The molecular weight excluding hydrogens is 216 g/mol. The van der Waals surface area contributed by atoms with Gasteiger partial charge >= 0.3 is 0 Å². The van der Waals surface area contributed by atoms with Crippen LogP contribution in [0.2, 0.25) is 0 Å². The summed E-state index contributed by atoms with van der Waals surface area (Å²) in [5.74, 6) is 0.339. The van der Waals surface area contributed by atoms with Crippen LogP contribution in [0.15, 0.2) is 12.2 Å². The molecule has 3 heteroatoms. The van der Waals surface area contributed by atoms with E-state index in [0.717, 1.165) is 12.8 Å². The second-order valence-electron chi connectivity index (χ2n) is 6.05. The molecule has 0 saturated heterocycles. The Hall–Kier alpha value is -0.380. The molecule has 2 aliphatic carbocycles. The zero-order valence-corrected chi connectivity index (χ0v) is 10.9. The van der Waals surface area contributed by atoms with Gasteiger partial charge in [-0.05, 0) is 37.7 Å². The fraction of sp³-hybridized carbons (Fsp3) is 0.857. The van der Waals surface area contributed by atoms with E-state index in [2.05, 4.69) is 6.58 Å². The van der Waals surface area contributed by atoms with Gasteiger partial charge in [0.15, 0.2) is 0 Å². The first kappa shape index (κ1) is 13.1. The summed E-state index contributed by atoms with van der Waals surface area (Å²) in [6, 6.07) is 0. The zero-order chi connectivity index (χ0) is 12.7. The molecule has 98 valence electrons. The van der Waals surface area contributed by atoms with E-state index in [9.17, 15) is 10.2 Å². The fourth-order valence-corrected chi connectivity index (χ4v) is 3.82. The minimum atomic E-state index is -0.811. The minimum absolute atomic E-state index is 0.339. The van der Waals surface area contributed by atoms with Gasteiger partial charge in [0, 0.05) is 13.5 Å². The molecule has 3 atom stereocenters. The lowest BCUT2D eigenvalue weighted by molar-refractivity contribution is -0.178. The second-order valence-corrected chi connectivity index (χ2v) is 6.05. The molecule has 2 fully saturated rings. The third-order valence-corrected chi connectivity index (χ3v) is 4.54. The van der Waals surface area contributed by atoms with E-state index < -0.39 is 17.3 Å². The molecule has 17 heavy (non-hydrogen) atoms. The Labute approximate surface area is 103 Å². The van der Waals surface area contributed by atoms with Crippen LogP contribution in [-0.2, 0) is 4.74 Å². The summed E-state index contributed by atoms with van der Waals surface area (Å²) >= 11 is 0. The van der Waals surface area contributed by atoms with E-state index >= 15 is 0 Å². The predicted octanol–water partition coefficient (Wildman–Crippen LogP) is 2.02. The van der Waals surface area contributed by atoms with Gasteiger partial charge in [-0.1, -0.05) is 19.4 Å². The van der Waals surface area contributed by atoms with Crippen molar-refractivity contribution in [1.29, 1.82) is 0 Å². The number of hydrogen-bond acceptors (Lipinski definition) is 3. The van der Waals surface area contributed by atoms with Crippen molar-refractivity contribution in [3.63, 3.8) is 0 Å². The van der Waals surface area contributed by atoms with Crippen LogP contribution >= 0.6 is 0 Å². The van der Waals surface area contributed by atoms with Crippen LogP contribution in [0.25, 0.3) is 0 Å². The Balaban J connectivity index is 2.31. The van der Waals surface area contributed by atoms with E-state index in [-0.39, 0.29) is 0 Å². The smallest absolute Gasteiger partial charge is 0.104 e. The molecule has 0 bridgehead atoms. The lowest BCUT2D eigenvalue weighted by atomic mass is 9.66. The van der Waals surface area contributed by atoms with Crippen molar-refractivity contribution in [2.24, 2.45) is 5.92 Å². The number of methoxy groups -OCH3 is 1. The SMILES string of the molecule is C=C1C[C@@](C)(O)C[C@](OC)(C2CCCC2)[C@H]1O. The van der Waals surface area contributed by atoms with E-state index in [4.69, 9.17) is 4.74 Å². The first-order chi connectivity index (χ1) is 7.91. The van der Waals surface area contributed by atoms with Crippen LogP contribution in [0, 0.1) is 5.92 Å². The monoisotopic (exact) mass is 240 g/mol. The van der Waals surface area contributed by atoms with Crippen LogP contribution in [-0.4, -0.2) is 34.6 Å². The first-order valence-corrected chi connectivity index (χ1v) is 6.54. The molecule has 0 radical (unpaired) electrons. The molecule has 3 nitrogen and oxygen atoms in total. The standard InChI is InChI=1S/C14H24O3/c1-10-8-13(2,16)9-14(17-3,12(10)15)11-6-4-5-7-11/h11-12,15-16H,1,4-9H2,2-3H3/t12-,13+,14-/m0/s1. The molecule has 0 aromatic carbocycles. The summed E-state index contributed by atoms with van der Waals surface area (Å²) in [6.45, 7) is 5.73. The molecule has 0 heterocycles. The molecule has 2 rings (SSSR count). The van der Waals surface area contributed by atoms with Crippen molar-refractivity contribution in [3.8, 4) is 0 Å². The normalized spacial score (nSPS) is 44.2. The maximum absolute atomic E-state index is 10.4. The van der Waals surface area contributed by atoms with E-state index in [1.54, 1.807) is 7.11 Å². The van der Waals surface area contributed by atoms with Crippen LogP contribution in [0.5, 0.6) is 0 Å². The summed E-state index contributed by atoms with van der Waals surface area (Å²) in [5.41, 5.74) is -0.737. The van der Waals surface area contributed by atoms with E-state index in [1.165, 1.54) is 12.8 Å². The van der Waals surface area contributed by atoms with Crippen LogP contribution in [0.1, 0.15) is 45.4 Å². The van der Waals surface area contributed by atoms with Crippen molar-refractivity contribution >= 4 is 0 Å². The lowest BCUT2D eigenvalue weighted by Gasteiger charge is -2.50. The topological polar surface area (TPSA) is 49.7 Å². The Morgan fingerprint density at radius 3 is 2.47 bits per heavy atom. The highest BCUT2D eigenvalue weighted by Crippen LogP contribution is 2.48. The van der Waals surface area contributed by atoms with Gasteiger partial charge in [0.25, 0.3) is 0 Å². The lowest BCUT2D eigenvalue weighted by Crippen LogP contribution is -2.58. The molecule has 0 amide bonds. The van der Waals surface area contributed by atoms with Gasteiger partial charge in [0.1, 0.15) is 11.7 Å². The number of ether oxygens (including phenoxy) is 1. The third-order valence-electron chi connectivity index (χ3n) is 4.54. The summed E-state index contributed by atoms with van der Waals surface area (Å²) < 4.78 is 5.71. The number of hydrogen-bond donors (Lipinski definition) is 2. The summed E-state index contributed by atoms with van der Waals surface area (Å²) in [6.07, 6.45) is 4.86. The molecule has 0 aromatic rings. The van der Waals surface area contributed by atoms with Gasteiger partial charge in [-0.25, -0.2) is 0 Å². The Morgan fingerprint density at radius 1 is 1.35 bits per heavy atom. The quantitative estimate of drug-likeness (QED) is 0.726. The molecule has 0 aliphatic heterocycles.